The van der Waals surface area contributed by atoms with Crippen LogP contribution in [0.5, 0.6) is 0 Å². The summed E-state index contributed by atoms with van der Waals surface area (Å²) < 4.78 is 6.51. The maximum Gasteiger partial charge on any atom is 0.303 e. The van der Waals surface area contributed by atoms with Crippen LogP contribution in [0.15, 0.2) is 24.8 Å². The van der Waals surface area contributed by atoms with Gasteiger partial charge in [0.15, 0.2) is 0 Å². The van der Waals surface area contributed by atoms with E-state index < -0.39 is 17.7 Å². The number of hydrogen-bond donors (Lipinski definition) is 3. The van der Waals surface area contributed by atoms with E-state index >= 15 is 0 Å². The molecule has 0 spiro atoms. The van der Waals surface area contributed by atoms with Gasteiger partial charge in [-0.15, -0.1) is 6.58 Å². The first-order chi connectivity index (χ1) is 13.3. The van der Waals surface area contributed by atoms with Crippen LogP contribution in [0, 0.1) is 11.8 Å². The molecular weight excluding hydrogens is 471 g/mol. The number of alkyl halides is 1. The second kappa shape index (κ2) is 11.1. The standard InChI is InChI=1S/C22H35IO5/c1-3-5-11-22(27,4-2)12-7-8-15-16-13-20(28-19(16)14-18(15)24)17(23)9-6-10-21(25)26/h4,7-8,15-20,24,27H,2-3,5-6,9-14H2,1H3,(H,25,26)/t15-,16-,17?,18-,19-,20-,22?/m1/s1. The van der Waals surface area contributed by atoms with Crippen molar-refractivity contribution in [3.8, 4) is 0 Å². The number of fused-ring (bicyclic) bond motifs is 1. The highest BCUT2D eigenvalue weighted by molar-refractivity contribution is 14.1. The predicted molar refractivity (Wildman–Crippen MR) is 119 cm³/mol. The number of carboxylic acid groups (broad SMARTS) is 1. The Hall–Kier alpha value is -0.440. The molecule has 2 aliphatic rings. The topological polar surface area (TPSA) is 87.0 Å². The van der Waals surface area contributed by atoms with Gasteiger partial charge in [0.1, 0.15) is 0 Å². The van der Waals surface area contributed by atoms with Gasteiger partial charge in [0.25, 0.3) is 0 Å². The highest BCUT2D eigenvalue weighted by Crippen LogP contribution is 2.46. The summed E-state index contributed by atoms with van der Waals surface area (Å²) in [5.74, 6) is -0.405. The zero-order valence-electron chi connectivity index (χ0n) is 16.8. The molecule has 0 aromatic rings. The van der Waals surface area contributed by atoms with Gasteiger partial charge < -0.3 is 20.1 Å². The zero-order chi connectivity index (χ0) is 20.7. The number of carboxylic acids is 1. The highest BCUT2D eigenvalue weighted by atomic mass is 127. The number of carbonyl (C=O) groups is 1. The maximum atomic E-state index is 10.7. The molecule has 2 rings (SSSR count). The third-order valence-electron chi connectivity index (χ3n) is 6.19. The lowest BCUT2D eigenvalue weighted by Gasteiger charge is -2.23. The van der Waals surface area contributed by atoms with Crippen molar-refractivity contribution >= 4 is 28.6 Å². The first kappa shape index (κ1) is 23.8. The van der Waals surface area contributed by atoms with Crippen LogP contribution in [-0.4, -0.2) is 49.1 Å². The molecule has 1 saturated carbocycles. The molecule has 2 unspecified atom stereocenters. The van der Waals surface area contributed by atoms with Crippen LogP contribution in [0.3, 0.4) is 0 Å². The molecule has 0 aromatic heterocycles. The van der Waals surface area contributed by atoms with Crippen molar-refractivity contribution in [1.82, 2.24) is 0 Å². The molecule has 0 amide bonds. The van der Waals surface area contributed by atoms with Crippen molar-refractivity contribution in [1.29, 1.82) is 0 Å². The van der Waals surface area contributed by atoms with E-state index in [-0.39, 0.29) is 24.5 Å². The molecule has 1 aliphatic heterocycles. The summed E-state index contributed by atoms with van der Waals surface area (Å²) >= 11 is 2.38. The summed E-state index contributed by atoms with van der Waals surface area (Å²) in [6.07, 6.45) is 12.0. The molecule has 28 heavy (non-hydrogen) atoms. The molecule has 0 aromatic carbocycles. The van der Waals surface area contributed by atoms with Gasteiger partial charge in [-0.2, -0.15) is 0 Å². The van der Waals surface area contributed by atoms with E-state index in [1.807, 2.05) is 6.08 Å². The Morgan fingerprint density at radius 3 is 2.79 bits per heavy atom. The number of hydrogen-bond acceptors (Lipinski definition) is 4. The minimum atomic E-state index is -0.873. The average Bonchev–Trinajstić information content (AvgIpc) is 3.18. The monoisotopic (exact) mass is 506 g/mol. The number of unbranched alkanes of at least 4 members (excludes halogenated alkanes) is 1. The van der Waals surface area contributed by atoms with Gasteiger partial charge in [0.05, 0.1) is 23.9 Å². The van der Waals surface area contributed by atoms with Crippen LogP contribution >= 0.6 is 22.6 Å². The van der Waals surface area contributed by atoms with Crippen LogP contribution in [0.25, 0.3) is 0 Å². The molecule has 6 heteroatoms. The average molecular weight is 506 g/mol. The van der Waals surface area contributed by atoms with Crippen molar-refractivity contribution < 1.29 is 24.9 Å². The fraction of sp³-hybridized carbons (Fsp3) is 0.773. The van der Waals surface area contributed by atoms with Crippen LogP contribution in [-0.2, 0) is 9.53 Å². The molecule has 1 heterocycles. The van der Waals surface area contributed by atoms with E-state index in [9.17, 15) is 15.0 Å². The van der Waals surface area contributed by atoms with Crippen LogP contribution in [0.1, 0.15) is 64.7 Å². The number of aliphatic carboxylic acids is 1. The van der Waals surface area contributed by atoms with E-state index in [4.69, 9.17) is 9.84 Å². The second-order valence-electron chi connectivity index (χ2n) is 8.34. The molecule has 0 bridgehead atoms. The first-order valence-corrected chi connectivity index (χ1v) is 11.8. The van der Waals surface area contributed by atoms with Gasteiger partial charge in [0, 0.05) is 22.7 Å². The Morgan fingerprint density at radius 2 is 2.14 bits per heavy atom. The Bertz CT molecular complexity index is 551. The fourth-order valence-electron chi connectivity index (χ4n) is 4.45. The van der Waals surface area contributed by atoms with Crippen LogP contribution in [0.2, 0.25) is 0 Å². The van der Waals surface area contributed by atoms with E-state index in [2.05, 4.69) is 42.2 Å². The zero-order valence-corrected chi connectivity index (χ0v) is 19.0. The third kappa shape index (κ3) is 6.54. The van der Waals surface area contributed by atoms with Crippen molar-refractivity contribution in [2.75, 3.05) is 0 Å². The van der Waals surface area contributed by atoms with Crippen molar-refractivity contribution in [3.63, 3.8) is 0 Å². The summed E-state index contributed by atoms with van der Waals surface area (Å²) in [5, 5.41) is 29.9. The largest absolute Gasteiger partial charge is 0.481 e. The molecular formula is C22H35IO5. The van der Waals surface area contributed by atoms with Crippen LogP contribution < -0.4 is 0 Å². The third-order valence-corrected chi connectivity index (χ3v) is 7.62. The number of rotatable bonds is 12. The summed E-state index contributed by atoms with van der Waals surface area (Å²) in [5.41, 5.74) is -0.873. The van der Waals surface area contributed by atoms with Crippen LogP contribution in [0.4, 0.5) is 0 Å². The summed E-state index contributed by atoms with van der Waals surface area (Å²) in [6.45, 7) is 5.88. The molecule has 5 nitrogen and oxygen atoms in total. The van der Waals surface area contributed by atoms with Gasteiger partial charge in [-0.1, -0.05) is 60.6 Å². The Kier molecular flexibility index (Phi) is 9.44. The second-order valence-corrected chi connectivity index (χ2v) is 9.94. The minimum absolute atomic E-state index is 0.0536. The SMILES string of the molecule is C=CC(O)(CC=C[C@@H]1[C@H]2C[C@H](C(I)CCCC(=O)O)O[C@@H]2C[C@H]1O)CCCC. The summed E-state index contributed by atoms with van der Waals surface area (Å²) in [6, 6.07) is 0. The molecule has 0 radical (unpaired) electrons. The number of aliphatic hydroxyl groups is 2. The van der Waals surface area contributed by atoms with Crippen molar-refractivity contribution in [2.45, 2.75) is 92.5 Å². The predicted octanol–water partition coefficient (Wildman–Crippen LogP) is 4.25. The molecule has 3 N–H and O–H groups in total. The Morgan fingerprint density at radius 1 is 1.39 bits per heavy atom. The fourth-order valence-corrected chi connectivity index (χ4v) is 5.36. The van der Waals surface area contributed by atoms with Crippen molar-refractivity contribution in [2.24, 2.45) is 11.8 Å². The van der Waals surface area contributed by atoms with Crippen molar-refractivity contribution in [3.05, 3.63) is 24.8 Å². The summed E-state index contributed by atoms with van der Waals surface area (Å²) in [4.78, 5) is 10.7. The van der Waals surface area contributed by atoms with E-state index in [1.54, 1.807) is 6.08 Å². The van der Waals surface area contributed by atoms with Gasteiger partial charge in [-0.05, 0) is 38.0 Å². The number of ether oxygens (including phenoxy) is 1. The van der Waals surface area contributed by atoms with Gasteiger partial charge >= 0.3 is 5.97 Å². The molecule has 7 atom stereocenters. The van der Waals surface area contributed by atoms with Gasteiger partial charge in [-0.25, -0.2) is 0 Å². The molecule has 160 valence electrons. The lowest BCUT2D eigenvalue weighted by Crippen LogP contribution is -2.25. The number of halogens is 1. The Balaban J connectivity index is 1.89. The minimum Gasteiger partial charge on any atom is -0.481 e. The molecule has 1 saturated heterocycles. The maximum absolute atomic E-state index is 10.7. The van der Waals surface area contributed by atoms with Gasteiger partial charge in [-0.3, -0.25) is 4.79 Å². The normalized spacial score (nSPS) is 32.9. The quantitative estimate of drug-likeness (QED) is 0.209. The van der Waals surface area contributed by atoms with Gasteiger partial charge in [0.2, 0.25) is 0 Å². The lowest BCUT2D eigenvalue weighted by molar-refractivity contribution is -0.137. The smallest absolute Gasteiger partial charge is 0.303 e. The van der Waals surface area contributed by atoms with E-state index in [0.29, 0.717) is 35.5 Å². The molecule has 1 aliphatic carbocycles. The summed E-state index contributed by atoms with van der Waals surface area (Å²) in [7, 11) is 0. The molecule has 2 fully saturated rings. The highest BCUT2D eigenvalue weighted by Gasteiger charge is 2.49. The first-order valence-electron chi connectivity index (χ1n) is 10.5. The number of aliphatic hydroxyl groups excluding tert-OH is 1. The van der Waals surface area contributed by atoms with E-state index in [1.165, 1.54) is 0 Å². The lowest BCUT2D eigenvalue weighted by atomic mass is 9.87. The van der Waals surface area contributed by atoms with E-state index in [0.717, 1.165) is 25.7 Å². The Labute approximate surface area is 182 Å².